The molecule has 24 heavy (non-hydrogen) atoms. The second kappa shape index (κ2) is 7.61. The topological polar surface area (TPSA) is 96.6 Å². The highest BCUT2D eigenvalue weighted by molar-refractivity contribution is 9.10. The van der Waals surface area contributed by atoms with Gasteiger partial charge in [-0.25, -0.2) is 9.59 Å². The number of amides is 1. The van der Waals surface area contributed by atoms with Crippen LogP contribution >= 0.6 is 15.9 Å². The van der Waals surface area contributed by atoms with Crippen molar-refractivity contribution in [3.05, 3.63) is 44.2 Å². The molecule has 6 nitrogen and oxygen atoms in total. The van der Waals surface area contributed by atoms with Crippen LogP contribution in [0.3, 0.4) is 0 Å². The normalized spacial score (nSPS) is 12.1. The molecule has 2 aromatic rings. The lowest BCUT2D eigenvalue weighted by atomic mass is 10.0. The Labute approximate surface area is 147 Å². The van der Waals surface area contributed by atoms with Gasteiger partial charge in [-0.05, 0) is 37.1 Å². The smallest absolute Gasteiger partial charge is 0.349 e. The maximum absolute atomic E-state index is 12.4. The lowest BCUT2D eigenvalue weighted by Gasteiger charge is -2.15. The Balaban J connectivity index is 2.41. The summed E-state index contributed by atoms with van der Waals surface area (Å²) in [4.78, 5) is 35.9. The Morgan fingerprint density at radius 1 is 1.38 bits per heavy atom. The van der Waals surface area contributed by atoms with Gasteiger partial charge in [0.05, 0.1) is 0 Å². The number of carboxylic acid groups (broad SMARTS) is 1. The Morgan fingerprint density at radius 2 is 2.08 bits per heavy atom. The van der Waals surface area contributed by atoms with Gasteiger partial charge in [-0.2, -0.15) is 0 Å². The predicted octanol–water partition coefficient (Wildman–Crippen LogP) is 3.24. The van der Waals surface area contributed by atoms with Crippen LogP contribution in [0, 0.1) is 6.92 Å². The fourth-order valence-electron chi connectivity index (χ4n) is 2.48. The minimum absolute atomic E-state index is 0.164. The highest BCUT2D eigenvalue weighted by Gasteiger charge is 2.24. The summed E-state index contributed by atoms with van der Waals surface area (Å²) in [6.07, 6.45) is 1.78. The number of unbranched alkanes of at least 4 members (excludes halogenated alkanes) is 1. The van der Waals surface area contributed by atoms with Gasteiger partial charge in [0.2, 0.25) is 0 Å². The van der Waals surface area contributed by atoms with Crippen LogP contribution in [-0.4, -0.2) is 23.0 Å². The number of carbonyl (C=O) groups is 2. The van der Waals surface area contributed by atoms with Crippen molar-refractivity contribution in [3.8, 4) is 0 Å². The standard InChI is InChI=1S/C17H18BrNO5/c1-3-4-5-12(16(21)22)19-15(20)14-9(2)11-8-10(18)6-7-13(11)24-17(14)23/h6-8,12H,3-5H2,1-2H3,(H,19,20)(H,21,22). The molecule has 0 saturated carbocycles. The van der Waals surface area contributed by atoms with Gasteiger partial charge >= 0.3 is 11.6 Å². The van der Waals surface area contributed by atoms with Gasteiger partial charge in [0.25, 0.3) is 5.91 Å². The lowest BCUT2D eigenvalue weighted by molar-refractivity contribution is -0.139. The summed E-state index contributed by atoms with van der Waals surface area (Å²) >= 11 is 3.34. The quantitative estimate of drug-likeness (QED) is 0.731. The second-order valence-corrected chi connectivity index (χ2v) is 6.45. The van der Waals surface area contributed by atoms with Crippen LogP contribution in [0.1, 0.15) is 42.1 Å². The van der Waals surface area contributed by atoms with Gasteiger partial charge in [-0.1, -0.05) is 35.7 Å². The maximum atomic E-state index is 12.4. The van der Waals surface area contributed by atoms with Gasteiger partial charge in [0, 0.05) is 9.86 Å². The van der Waals surface area contributed by atoms with E-state index in [-0.39, 0.29) is 5.56 Å². The zero-order valence-corrected chi connectivity index (χ0v) is 15.0. The third-order valence-electron chi connectivity index (χ3n) is 3.80. The fraction of sp³-hybridized carbons (Fsp3) is 0.353. The van der Waals surface area contributed by atoms with Crippen molar-refractivity contribution in [2.75, 3.05) is 0 Å². The largest absolute Gasteiger partial charge is 0.480 e. The predicted molar refractivity (Wildman–Crippen MR) is 93.3 cm³/mol. The van der Waals surface area contributed by atoms with Crippen molar-refractivity contribution in [1.82, 2.24) is 5.32 Å². The van der Waals surface area contributed by atoms with Crippen LogP contribution in [0.4, 0.5) is 0 Å². The molecule has 0 spiro atoms. The highest BCUT2D eigenvalue weighted by Crippen LogP contribution is 2.23. The lowest BCUT2D eigenvalue weighted by Crippen LogP contribution is -2.42. The van der Waals surface area contributed by atoms with Gasteiger partial charge in [0.15, 0.2) is 0 Å². The Morgan fingerprint density at radius 3 is 2.71 bits per heavy atom. The number of hydrogen-bond acceptors (Lipinski definition) is 4. The van der Waals surface area contributed by atoms with Crippen molar-refractivity contribution in [2.24, 2.45) is 0 Å². The molecular weight excluding hydrogens is 378 g/mol. The number of rotatable bonds is 6. The van der Waals surface area contributed by atoms with E-state index in [0.717, 1.165) is 10.9 Å². The molecule has 0 radical (unpaired) electrons. The zero-order valence-electron chi connectivity index (χ0n) is 13.4. The van der Waals surface area contributed by atoms with Gasteiger partial charge < -0.3 is 14.8 Å². The van der Waals surface area contributed by atoms with E-state index in [2.05, 4.69) is 21.2 Å². The molecule has 2 N–H and O–H groups in total. The minimum Gasteiger partial charge on any atom is -0.480 e. The number of nitrogens with one attached hydrogen (secondary N) is 1. The van der Waals surface area contributed by atoms with E-state index in [1.165, 1.54) is 0 Å². The number of carbonyl (C=O) groups excluding carboxylic acids is 1. The Kier molecular flexibility index (Phi) is 5.77. The van der Waals surface area contributed by atoms with Crippen LogP contribution < -0.4 is 10.9 Å². The molecule has 0 aliphatic carbocycles. The molecule has 0 bridgehead atoms. The number of fused-ring (bicyclic) bond motifs is 1. The number of aliphatic carboxylic acids is 1. The molecule has 1 amide bonds. The van der Waals surface area contributed by atoms with E-state index in [1.54, 1.807) is 25.1 Å². The molecule has 7 heteroatoms. The van der Waals surface area contributed by atoms with E-state index < -0.39 is 23.5 Å². The van der Waals surface area contributed by atoms with E-state index in [0.29, 0.717) is 29.4 Å². The van der Waals surface area contributed by atoms with Crippen molar-refractivity contribution in [3.63, 3.8) is 0 Å². The molecular formula is C17H18BrNO5. The summed E-state index contributed by atoms with van der Waals surface area (Å²) in [7, 11) is 0. The molecule has 128 valence electrons. The molecule has 1 aromatic carbocycles. The molecule has 1 heterocycles. The monoisotopic (exact) mass is 395 g/mol. The summed E-state index contributed by atoms with van der Waals surface area (Å²) in [5, 5.41) is 12.3. The van der Waals surface area contributed by atoms with E-state index in [9.17, 15) is 19.5 Å². The van der Waals surface area contributed by atoms with Gasteiger partial charge in [-0.3, -0.25) is 4.79 Å². The average Bonchev–Trinajstić information content (AvgIpc) is 2.52. The molecule has 0 aliphatic heterocycles. The van der Waals surface area contributed by atoms with Crippen LogP contribution in [0.15, 0.2) is 31.9 Å². The van der Waals surface area contributed by atoms with Crippen LogP contribution in [0.25, 0.3) is 11.0 Å². The minimum atomic E-state index is -1.12. The van der Waals surface area contributed by atoms with Crippen LogP contribution in [0.5, 0.6) is 0 Å². The van der Waals surface area contributed by atoms with E-state index in [4.69, 9.17) is 4.42 Å². The van der Waals surface area contributed by atoms with Gasteiger partial charge in [0.1, 0.15) is 17.2 Å². The zero-order chi connectivity index (χ0) is 17.9. The number of halogens is 1. The number of aryl methyl sites for hydroxylation is 1. The molecule has 0 saturated heterocycles. The summed E-state index contributed by atoms with van der Waals surface area (Å²) < 4.78 is 5.97. The van der Waals surface area contributed by atoms with Crippen molar-refractivity contribution < 1.29 is 19.1 Å². The first-order valence-corrected chi connectivity index (χ1v) is 8.41. The van der Waals surface area contributed by atoms with Crippen LogP contribution in [0.2, 0.25) is 0 Å². The Hall–Kier alpha value is -2.15. The first-order valence-electron chi connectivity index (χ1n) is 7.61. The third-order valence-corrected chi connectivity index (χ3v) is 4.30. The summed E-state index contributed by atoms with van der Waals surface area (Å²) in [6.45, 7) is 3.57. The number of carboxylic acids is 1. The summed E-state index contributed by atoms with van der Waals surface area (Å²) in [5.74, 6) is -1.85. The summed E-state index contributed by atoms with van der Waals surface area (Å²) in [6, 6.07) is 4.08. The number of hydrogen-bond donors (Lipinski definition) is 2. The van der Waals surface area contributed by atoms with Gasteiger partial charge in [-0.15, -0.1) is 0 Å². The fourth-order valence-corrected chi connectivity index (χ4v) is 2.84. The average molecular weight is 396 g/mol. The number of benzene rings is 1. The Bertz CT molecular complexity index is 843. The summed E-state index contributed by atoms with van der Waals surface area (Å²) in [5.41, 5.74) is -0.111. The van der Waals surface area contributed by atoms with Crippen molar-refractivity contribution >= 4 is 38.8 Å². The molecule has 1 aromatic heterocycles. The second-order valence-electron chi connectivity index (χ2n) is 5.54. The van der Waals surface area contributed by atoms with Crippen molar-refractivity contribution in [2.45, 2.75) is 39.2 Å². The molecule has 1 unspecified atom stereocenters. The molecule has 0 aliphatic rings. The van der Waals surface area contributed by atoms with E-state index >= 15 is 0 Å². The molecule has 2 rings (SSSR count). The van der Waals surface area contributed by atoms with E-state index in [1.807, 2.05) is 6.92 Å². The maximum Gasteiger partial charge on any atom is 0.349 e. The highest BCUT2D eigenvalue weighted by atomic mass is 79.9. The third kappa shape index (κ3) is 3.84. The molecule has 1 atom stereocenters. The van der Waals surface area contributed by atoms with Crippen LogP contribution in [-0.2, 0) is 4.79 Å². The first kappa shape index (κ1) is 18.2. The molecule has 0 fully saturated rings. The SMILES string of the molecule is CCCCC(NC(=O)c1c(C)c2cc(Br)ccc2oc1=O)C(=O)O. The van der Waals surface area contributed by atoms with Crippen molar-refractivity contribution in [1.29, 1.82) is 0 Å². The first-order chi connectivity index (χ1) is 11.3.